The number of methoxy groups -OCH3 is 1. The van der Waals surface area contributed by atoms with Crippen LogP contribution >= 0.6 is 0 Å². The van der Waals surface area contributed by atoms with Crippen LogP contribution in [0, 0.1) is 17.0 Å². The highest BCUT2D eigenvalue weighted by molar-refractivity contribution is 5.91. The van der Waals surface area contributed by atoms with Crippen molar-refractivity contribution in [1.82, 2.24) is 4.73 Å². The Morgan fingerprint density at radius 2 is 1.76 bits per heavy atom. The Hall–Kier alpha value is -3.93. The molecule has 4 aromatic rings. The van der Waals surface area contributed by atoms with E-state index in [-0.39, 0.29) is 22.4 Å². The van der Waals surface area contributed by atoms with Crippen LogP contribution in [0.15, 0.2) is 77.8 Å². The molecule has 0 saturated carbocycles. The van der Waals surface area contributed by atoms with Gasteiger partial charge in [-0.3, -0.25) is 4.99 Å². The van der Waals surface area contributed by atoms with Gasteiger partial charge in [0.05, 0.1) is 29.0 Å². The first-order valence-corrected chi connectivity index (χ1v) is 9.11. The first kappa shape index (κ1) is 18.4. The maximum atomic E-state index is 13.2. The van der Waals surface area contributed by atoms with E-state index in [1.807, 2.05) is 49.4 Å². The maximum Gasteiger partial charge on any atom is 0.295 e. The van der Waals surface area contributed by atoms with Crippen LogP contribution < -0.4 is 9.16 Å². The van der Waals surface area contributed by atoms with Gasteiger partial charge in [0.25, 0.3) is 11.2 Å². The molecular weight excluding hydrogens is 366 g/mol. The summed E-state index contributed by atoms with van der Waals surface area (Å²) in [6, 6.07) is 21.5. The molecule has 0 radical (unpaired) electrons. The Bertz CT molecular complexity index is 1260. The summed E-state index contributed by atoms with van der Waals surface area (Å²) in [4.78, 5) is 17.6. The van der Waals surface area contributed by atoms with E-state index in [2.05, 4.69) is 4.99 Å². The van der Waals surface area contributed by atoms with Gasteiger partial charge in [0.1, 0.15) is 17.0 Å². The van der Waals surface area contributed by atoms with E-state index in [0.29, 0.717) is 17.0 Å². The first-order chi connectivity index (χ1) is 14.1. The molecule has 4 rings (SSSR count). The summed E-state index contributed by atoms with van der Waals surface area (Å²) in [6.07, 6.45) is 1.44. The summed E-state index contributed by atoms with van der Waals surface area (Å²) < 4.78 is 6.72. The van der Waals surface area contributed by atoms with E-state index in [4.69, 9.17) is 4.74 Å². The number of rotatable bonds is 4. The summed E-state index contributed by atoms with van der Waals surface area (Å²) in [5.41, 5.74) is 3.31. The lowest BCUT2D eigenvalue weighted by atomic mass is 10.1. The number of fused-ring (bicyclic) bond motifs is 1. The van der Waals surface area contributed by atoms with Gasteiger partial charge in [0.2, 0.25) is 0 Å². The predicted octanol–water partition coefficient (Wildman–Crippen LogP) is 4.64. The number of benzene rings is 3. The summed E-state index contributed by atoms with van der Waals surface area (Å²) in [5.74, 6) is 0.496. The molecule has 3 aromatic carbocycles. The van der Waals surface area contributed by atoms with Gasteiger partial charge in [-0.25, -0.2) is 0 Å². The van der Waals surface area contributed by atoms with Crippen molar-refractivity contribution in [3.8, 4) is 17.0 Å². The van der Waals surface area contributed by atoms with Crippen LogP contribution in [0.2, 0.25) is 0 Å². The van der Waals surface area contributed by atoms with Crippen molar-refractivity contribution < 1.29 is 9.16 Å². The average Bonchev–Trinajstić information content (AvgIpc) is 2.76. The molecule has 0 unspecified atom stereocenters. The fraction of sp³-hybridized carbons (Fsp3) is 0.0870. The van der Waals surface area contributed by atoms with Gasteiger partial charge in [-0.1, -0.05) is 35.9 Å². The monoisotopic (exact) mass is 385 g/mol. The molecule has 0 aliphatic carbocycles. The normalized spacial score (nSPS) is 11.2. The van der Waals surface area contributed by atoms with E-state index in [9.17, 15) is 10.1 Å². The lowest BCUT2D eigenvalue weighted by molar-refractivity contribution is -0.451. The molecular formula is C23H19N3O3. The molecule has 1 aromatic heterocycles. The number of aliphatic imine (C=N–C) groups is 1. The van der Waals surface area contributed by atoms with Crippen LogP contribution in [-0.2, 0) is 0 Å². The molecule has 0 N–H and O–H groups in total. The Kier molecular flexibility index (Phi) is 4.83. The van der Waals surface area contributed by atoms with Crippen molar-refractivity contribution in [3.05, 3.63) is 94.2 Å². The van der Waals surface area contributed by atoms with Crippen LogP contribution in [0.5, 0.6) is 5.75 Å². The summed E-state index contributed by atoms with van der Waals surface area (Å²) in [7, 11) is 1.51. The van der Waals surface area contributed by atoms with Crippen LogP contribution in [0.4, 0.5) is 5.69 Å². The maximum absolute atomic E-state index is 13.2. The smallest absolute Gasteiger partial charge is 0.295 e. The fourth-order valence-electron chi connectivity index (χ4n) is 3.16. The average molecular weight is 385 g/mol. The Morgan fingerprint density at radius 1 is 1.03 bits per heavy atom. The third-order valence-corrected chi connectivity index (χ3v) is 4.70. The highest BCUT2D eigenvalue weighted by Crippen LogP contribution is 2.25. The molecule has 0 aliphatic heterocycles. The van der Waals surface area contributed by atoms with Crippen molar-refractivity contribution in [3.63, 3.8) is 0 Å². The van der Waals surface area contributed by atoms with Crippen molar-refractivity contribution in [2.24, 2.45) is 4.99 Å². The molecule has 0 atom stereocenters. The van der Waals surface area contributed by atoms with Crippen molar-refractivity contribution in [2.75, 3.05) is 7.11 Å². The minimum Gasteiger partial charge on any atom is -0.805 e. The number of ether oxygens (including phenoxy) is 1. The molecule has 1 heterocycles. The number of hydrogen-bond acceptors (Lipinski definition) is 4. The lowest BCUT2D eigenvalue weighted by Crippen LogP contribution is -2.25. The molecule has 6 heteroatoms. The third kappa shape index (κ3) is 3.48. The molecule has 6 nitrogen and oxygen atoms in total. The molecule has 0 fully saturated rings. The van der Waals surface area contributed by atoms with Crippen molar-refractivity contribution >= 4 is 22.9 Å². The Morgan fingerprint density at radius 3 is 2.45 bits per heavy atom. The molecule has 144 valence electrons. The van der Waals surface area contributed by atoms with Crippen LogP contribution in [0.1, 0.15) is 11.3 Å². The van der Waals surface area contributed by atoms with Gasteiger partial charge < -0.3 is 14.7 Å². The lowest BCUT2D eigenvalue weighted by Gasteiger charge is -2.17. The Balaban J connectivity index is 2.00. The minimum absolute atomic E-state index is 0.160. The second-order valence-electron chi connectivity index (χ2n) is 6.64. The quantitative estimate of drug-likeness (QED) is 0.380. The molecule has 0 amide bonds. The number of nitrogens with zero attached hydrogens (tertiary/aromatic N) is 3. The minimum atomic E-state index is 0.160. The van der Waals surface area contributed by atoms with E-state index >= 15 is 0 Å². The number of aryl methyl sites for hydroxylation is 1. The summed E-state index contributed by atoms with van der Waals surface area (Å²) in [6.45, 7) is 1.99. The highest BCUT2D eigenvalue weighted by atomic mass is 16.5. The summed E-state index contributed by atoms with van der Waals surface area (Å²) in [5, 5.41) is 13.2. The highest BCUT2D eigenvalue weighted by Gasteiger charge is 2.23. The molecule has 0 aliphatic rings. The van der Waals surface area contributed by atoms with Gasteiger partial charge in [0, 0.05) is 17.0 Å². The van der Waals surface area contributed by atoms with Crippen molar-refractivity contribution in [2.45, 2.75) is 6.92 Å². The zero-order valence-corrected chi connectivity index (χ0v) is 16.1. The van der Waals surface area contributed by atoms with E-state index in [1.165, 1.54) is 13.3 Å². The fourth-order valence-corrected chi connectivity index (χ4v) is 3.16. The van der Waals surface area contributed by atoms with Gasteiger partial charge in [0.15, 0.2) is 0 Å². The zero-order valence-electron chi connectivity index (χ0n) is 16.1. The largest absolute Gasteiger partial charge is 0.805 e. The first-order valence-electron chi connectivity index (χ1n) is 9.11. The van der Waals surface area contributed by atoms with E-state index < -0.39 is 0 Å². The van der Waals surface area contributed by atoms with Gasteiger partial charge in [-0.2, -0.15) is 0 Å². The van der Waals surface area contributed by atoms with E-state index in [1.54, 1.807) is 30.3 Å². The van der Waals surface area contributed by atoms with E-state index in [0.717, 1.165) is 14.7 Å². The van der Waals surface area contributed by atoms with Crippen LogP contribution in [0.3, 0.4) is 0 Å². The zero-order chi connectivity index (χ0) is 20.4. The summed E-state index contributed by atoms with van der Waals surface area (Å²) >= 11 is 0. The topological polar surface area (TPSA) is 72.6 Å². The van der Waals surface area contributed by atoms with Gasteiger partial charge >= 0.3 is 0 Å². The van der Waals surface area contributed by atoms with Gasteiger partial charge in [-0.05, 0) is 37.3 Å². The second-order valence-corrected chi connectivity index (χ2v) is 6.64. The van der Waals surface area contributed by atoms with Crippen molar-refractivity contribution in [1.29, 1.82) is 0 Å². The van der Waals surface area contributed by atoms with Crippen LogP contribution in [-0.4, -0.2) is 18.1 Å². The van der Waals surface area contributed by atoms with Gasteiger partial charge in [-0.15, -0.1) is 0 Å². The number of aromatic nitrogens is 2. The SMILES string of the molecule is COc1ccc2c(c1)n([O-])c(C=Nc1ccc(C)cc1)c(-c1ccccc1)[n+]2=O. The predicted molar refractivity (Wildman–Crippen MR) is 114 cm³/mol. The molecule has 0 saturated heterocycles. The Labute approximate surface area is 167 Å². The van der Waals surface area contributed by atoms with Crippen LogP contribution in [0.25, 0.3) is 22.3 Å². The number of hydrogen-bond donors (Lipinski definition) is 0. The molecule has 0 bridgehead atoms. The third-order valence-electron chi connectivity index (χ3n) is 4.70. The molecule has 0 spiro atoms. The standard InChI is InChI=1S/C23H19N3O3/c1-16-8-10-18(11-9-16)24-15-22-23(17-6-4-3-5-7-17)26(28)20-13-12-19(29-2)14-21(20)25(22)27/h3-15H,1-2H3. The second kappa shape index (κ2) is 7.59. The molecule has 29 heavy (non-hydrogen) atoms.